The molecule has 0 spiro atoms. The SMILES string of the molecule is CNC(C(=O)N1CCCOC(C)(C)C1)c1cnn(C)c1. The van der Waals surface area contributed by atoms with Crippen molar-refractivity contribution in [3.63, 3.8) is 0 Å². The number of likely N-dealkylation sites (N-methyl/N-ethyl adjacent to an activating group) is 1. The van der Waals surface area contributed by atoms with Crippen molar-refractivity contribution >= 4 is 5.91 Å². The molecule has 0 aromatic carbocycles. The van der Waals surface area contributed by atoms with Crippen LogP contribution in [0, 0.1) is 0 Å². The molecule has 1 aromatic rings. The Morgan fingerprint density at radius 1 is 1.55 bits per heavy atom. The molecule has 0 aliphatic carbocycles. The molecule has 0 saturated carbocycles. The Morgan fingerprint density at radius 2 is 2.30 bits per heavy atom. The van der Waals surface area contributed by atoms with Crippen LogP contribution in [-0.4, -0.2) is 52.9 Å². The maximum absolute atomic E-state index is 12.8. The molecule has 20 heavy (non-hydrogen) atoms. The standard InChI is InChI=1S/C14H24N4O2/c1-14(2)10-18(6-5-7-20-14)13(19)12(15-3)11-8-16-17(4)9-11/h8-9,12,15H,5-7,10H2,1-4H3. The summed E-state index contributed by atoms with van der Waals surface area (Å²) in [5.74, 6) is 0.0825. The molecule has 1 atom stereocenters. The summed E-state index contributed by atoms with van der Waals surface area (Å²) >= 11 is 0. The minimum absolute atomic E-state index is 0.0825. The van der Waals surface area contributed by atoms with E-state index < -0.39 is 0 Å². The van der Waals surface area contributed by atoms with Gasteiger partial charge in [0.15, 0.2) is 0 Å². The Morgan fingerprint density at radius 3 is 2.90 bits per heavy atom. The molecule has 1 N–H and O–H groups in total. The topological polar surface area (TPSA) is 59.4 Å². The van der Waals surface area contributed by atoms with E-state index in [4.69, 9.17) is 4.74 Å². The highest BCUT2D eigenvalue weighted by atomic mass is 16.5. The summed E-state index contributed by atoms with van der Waals surface area (Å²) in [5, 5.41) is 7.23. The van der Waals surface area contributed by atoms with Crippen molar-refractivity contribution in [2.24, 2.45) is 7.05 Å². The van der Waals surface area contributed by atoms with Gasteiger partial charge in [0.25, 0.3) is 0 Å². The van der Waals surface area contributed by atoms with Crippen LogP contribution in [0.4, 0.5) is 0 Å². The van der Waals surface area contributed by atoms with Crippen LogP contribution in [0.2, 0.25) is 0 Å². The Labute approximate surface area is 120 Å². The predicted molar refractivity (Wildman–Crippen MR) is 76.2 cm³/mol. The average Bonchev–Trinajstić information content (AvgIpc) is 2.71. The molecule has 2 rings (SSSR count). The predicted octanol–water partition coefficient (Wildman–Crippen LogP) is 0.708. The lowest BCUT2D eigenvalue weighted by atomic mass is 10.1. The number of nitrogens with one attached hydrogen (secondary N) is 1. The third-order valence-corrected chi connectivity index (χ3v) is 3.54. The van der Waals surface area contributed by atoms with Crippen LogP contribution in [0.3, 0.4) is 0 Å². The monoisotopic (exact) mass is 280 g/mol. The zero-order chi connectivity index (χ0) is 14.8. The molecule has 0 radical (unpaired) electrons. The number of ether oxygens (including phenoxy) is 1. The van der Waals surface area contributed by atoms with Gasteiger partial charge >= 0.3 is 0 Å². The number of carbonyl (C=O) groups is 1. The van der Waals surface area contributed by atoms with E-state index in [2.05, 4.69) is 10.4 Å². The van der Waals surface area contributed by atoms with Gasteiger partial charge < -0.3 is 15.0 Å². The van der Waals surface area contributed by atoms with Crippen LogP contribution in [0.5, 0.6) is 0 Å². The molecule has 1 unspecified atom stereocenters. The van der Waals surface area contributed by atoms with Crippen molar-refractivity contribution in [3.05, 3.63) is 18.0 Å². The first-order valence-corrected chi connectivity index (χ1v) is 7.01. The normalized spacial score (nSPS) is 20.5. The van der Waals surface area contributed by atoms with E-state index in [0.717, 1.165) is 18.5 Å². The van der Waals surface area contributed by atoms with Gasteiger partial charge in [-0.1, -0.05) is 0 Å². The molecule has 1 aromatic heterocycles. The maximum atomic E-state index is 12.8. The highest BCUT2D eigenvalue weighted by Crippen LogP contribution is 2.21. The van der Waals surface area contributed by atoms with E-state index in [-0.39, 0.29) is 17.6 Å². The van der Waals surface area contributed by atoms with Gasteiger partial charge in [0, 0.05) is 38.5 Å². The molecule has 1 aliphatic heterocycles. The van der Waals surface area contributed by atoms with E-state index in [0.29, 0.717) is 13.2 Å². The second-order valence-electron chi connectivity index (χ2n) is 5.89. The van der Waals surface area contributed by atoms with Crippen molar-refractivity contribution in [2.75, 3.05) is 26.7 Å². The maximum Gasteiger partial charge on any atom is 0.244 e. The number of aromatic nitrogens is 2. The van der Waals surface area contributed by atoms with Gasteiger partial charge in [-0.15, -0.1) is 0 Å². The zero-order valence-electron chi connectivity index (χ0n) is 12.7. The van der Waals surface area contributed by atoms with Gasteiger partial charge in [0.05, 0.1) is 11.8 Å². The number of amides is 1. The number of nitrogens with zero attached hydrogens (tertiary/aromatic N) is 3. The summed E-state index contributed by atoms with van der Waals surface area (Å²) in [6.07, 6.45) is 4.48. The lowest BCUT2D eigenvalue weighted by molar-refractivity contribution is -0.135. The lowest BCUT2D eigenvalue weighted by Gasteiger charge is -2.31. The van der Waals surface area contributed by atoms with E-state index in [1.54, 1.807) is 17.9 Å². The second-order valence-corrected chi connectivity index (χ2v) is 5.89. The molecular weight excluding hydrogens is 256 g/mol. The Balaban J connectivity index is 2.15. The summed E-state index contributed by atoms with van der Waals surface area (Å²) < 4.78 is 7.47. The number of aryl methyl sites for hydroxylation is 1. The summed E-state index contributed by atoms with van der Waals surface area (Å²) in [4.78, 5) is 14.6. The first-order chi connectivity index (χ1) is 9.43. The second kappa shape index (κ2) is 5.93. The number of carbonyl (C=O) groups excluding carboxylic acids is 1. The summed E-state index contributed by atoms with van der Waals surface area (Å²) in [7, 11) is 3.65. The summed E-state index contributed by atoms with van der Waals surface area (Å²) in [6, 6.07) is -0.349. The first-order valence-electron chi connectivity index (χ1n) is 7.01. The molecule has 1 amide bonds. The summed E-state index contributed by atoms with van der Waals surface area (Å²) in [6.45, 7) is 6.10. The smallest absolute Gasteiger partial charge is 0.244 e. The molecule has 112 valence electrons. The van der Waals surface area contributed by atoms with Crippen LogP contribution in [0.1, 0.15) is 31.9 Å². The van der Waals surface area contributed by atoms with Crippen molar-refractivity contribution in [3.8, 4) is 0 Å². The van der Waals surface area contributed by atoms with Crippen molar-refractivity contribution in [2.45, 2.75) is 31.9 Å². The fourth-order valence-corrected chi connectivity index (χ4v) is 2.58. The van der Waals surface area contributed by atoms with Crippen molar-refractivity contribution in [1.82, 2.24) is 20.0 Å². The molecule has 1 aliphatic rings. The average molecular weight is 280 g/mol. The van der Waals surface area contributed by atoms with Gasteiger partial charge in [-0.05, 0) is 27.3 Å². The highest BCUT2D eigenvalue weighted by molar-refractivity contribution is 5.83. The third-order valence-electron chi connectivity index (χ3n) is 3.54. The number of hydrogen-bond acceptors (Lipinski definition) is 4. The molecule has 1 saturated heterocycles. The highest BCUT2D eigenvalue weighted by Gasteiger charge is 2.32. The molecular formula is C14H24N4O2. The van der Waals surface area contributed by atoms with E-state index >= 15 is 0 Å². The van der Waals surface area contributed by atoms with Crippen LogP contribution in [0.15, 0.2) is 12.4 Å². The fraction of sp³-hybridized carbons (Fsp3) is 0.714. The Bertz CT molecular complexity index is 469. The van der Waals surface area contributed by atoms with E-state index in [1.807, 2.05) is 32.0 Å². The van der Waals surface area contributed by atoms with Gasteiger partial charge in [0.2, 0.25) is 5.91 Å². The van der Waals surface area contributed by atoms with Gasteiger partial charge in [-0.2, -0.15) is 5.10 Å². The zero-order valence-corrected chi connectivity index (χ0v) is 12.7. The van der Waals surface area contributed by atoms with Crippen molar-refractivity contribution < 1.29 is 9.53 Å². The van der Waals surface area contributed by atoms with Crippen LogP contribution >= 0.6 is 0 Å². The molecule has 6 nitrogen and oxygen atoms in total. The van der Waals surface area contributed by atoms with Gasteiger partial charge in [-0.3, -0.25) is 9.48 Å². The first kappa shape index (κ1) is 15.0. The van der Waals surface area contributed by atoms with E-state index in [1.165, 1.54) is 0 Å². The quantitative estimate of drug-likeness (QED) is 0.886. The summed E-state index contributed by atoms with van der Waals surface area (Å²) in [5.41, 5.74) is 0.599. The van der Waals surface area contributed by atoms with Crippen LogP contribution < -0.4 is 5.32 Å². The Kier molecular flexibility index (Phi) is 4.45. The molecule has 6 heteroatoms. The Hall–Kier alpha value is -1.40. The largest absolute Gasteiger partial charge is 0.374 e. The fourth-order valence-electron chi connectivity index (χ4n) is 2.58. The van der Waals surface area contributed by atoms with Crippen molar-refractivity contribution in [1.29, 1.82) is 0 Å². The lowest BCUT2D eigenvalue weighted by Crippen LogP contribution is -2.46. The number of rotatable bonds is 3. The minimum Gasteiger partial charge on any atom is -0.374 e. The molecule has 1 fully saturated rings. The van der Waals surface area contributed by atoms with E-state index in [9.17, 15) is 4.79 Å². The molecule has 0 bridgehead atoms. The van der Waals surface area contributed by atoms with Crippen LogP contribution in [-0.2, 0) is 16.6 Å². The van der Waals surface area contributed by atoms with Gasteiger partial charge in [0.1, 0.15) is 6.04 Å². The van der Waals surface area contributed by atoms with Gasteiger partial charge in [-0.25, -0.2) is 0 Å². The minimum atomic E-state index is -0.349. The number of hydrogen-bond donors (Lipinski definition) is 1. The third kappa shape index (κ3) is 3.37. The van der Waals surface area contributed by atoms with Crippen LogP contribution in [0.25, 0.3) is 0 Å². The molecule has 2 heterocycles.